The number of likely N-dealkylation sites (N-methyl/N-ethyl adjacent to an activating group) is 2. The van der Waals surface area contributed by atoms with Crippen LogP contribution in [0.15, 0.2) is 30.9 Å². The van der Waals surface area contributed by atoms with Crippen LogP contribution in [0.4, 0.5) is 32.8 Å². The number of halogens is 5. The van der Waals surface area contributed by atoms with Crippen LogP contribution >= 0.6 is 11.3 Å². The first-order valence-electron chi connectivity index (χ1n) is 16.3. The molecule has 4 heterocycles. The molecular weight excluding hydrogens is 709 g/mol. The number of fused-ring (bicyclic) bond motifs is 2. The quantitative estimate of drug-likeness (QED) is 0.162. The zero-order chi connectivity index (χ0) is 37.6. The Morgan fingerprint density at radius 2 is 2.00 bits per heavy atom. The van der Waals surface area contributed by atoms with Crippen molar-refractivity contribution >= 4 is 49.1 Å². The summed E-state index contributed by atoms with van der Waals surface area (Å²) in [7, 11) is 6.55. The lowest BCUT2D eigenvalue weighted by Crippen LogP contribution is -2.48. The lowest BCUT2D eigenvalue weighted by molar-refractivity contribution is -0.137. The van der Waals surface area contributed by atoms with Crippen molar-refractivity contribution in [1.29, 1.82) is 5.26 Å². The van der Waals surface area contributed by atoms with Gasteiger partial charge in [-0.1, -0.05) is 12.6 Å². The van der Waals surface area contributed by atoms with Gasteiger partial charge >= 0.3 is 12.2 Å². The first-order valence-corrected chi connectivity index (χ1v) is 17.1. The van der Waals surface area contributed by atoms with Crippen molar-refractivity contribution in [2.24, 2.45) is 0 Å². The van der Waals surface area contributed by atoms with E-state index in [2.05, 4.69) is 16.5 Å². The van der Waals surface area contributed by atoms with Crippen LogP contribution in [-0.4, -0.2) is 105 Å². The van der Waals surface area contributed by atoms with Gasteiger partial charge in [0, 0.05) is 56.7 Å². The number of nitriles is 1. The fourth-order valence-corrected chi connectivity index (χ4v) is 8.24. The predicted octanol–water partition coefficient (Wildman–Crippen LogP) is 5.60. The zero-order valence-electron chi connectivity index (χ0n) is 28.8. The molecule has 4 atom stereocenters. The van der Waals surface area contributed by atoms with Crippen molar-refractivity contribution in [2.45, 2.75) is 43.2 Å². The number of thiophene rings is 1. The average molecular weight is 746 g/mol. The first kappa shape index (κ1) is 37.1. The number of carbonyl (C=O) groups is 1. The van der Waals surface area contributed by atoms with Gasteiger partial charge in [-0.2, -0.15) is 28.4 Å². The van der Waals surface area contributed by atoms with Crippen LogP contribution in [0.3, 0.4) is 0 Å². The SMILES string of the molecule is C=CC(=O)N1CCC(N(C)c2nc(OC[C@@H]3C[C@@H](OC)CN3C)nc3c(F)c(-c4ccc(F)c5sc(N)c(C#N)c45)c(C(F)(F)F)cc23)C1COC. The highest BCUT2D eigenvalue weighted by molar-refractivity contribution is 7.23. The van der Waals surface area contributed by atoms with E-state index in [0.29, 0.717) is 37.3 Å². The molecule has 1 amide bonds. The molecule has 2 unspecified atom stereocenters. The van der Waals surface area contributed by atoms with E-state index in [1.165, 1.54) is 13.2 Å². The van der Waals surface area contributed by atoms with Gasteiger partial charge in [-0.3, -0.25) is 9.69 Å². The summed E-state index contributed by atoms with van der Waals surface area (Å²) in [6.45, 7) is 4.67. The molecule has 0 bridgehead atoms. The fraction of sp³-hybridized carbons (Fsp3) is 0.429. The van der Waals surface area contributed by atoms with Crippen LogP contribution in [0, 0.1) is 23.0 Å². The number of nitrogens with zero attached hydrogens (tertiary/aromatic N) is 6. The van der Waals surface area contributed by atoms with Crippen LogP contribution in [0.2, 0.25) is 0 Å². The third-order valence-corrected chi connectivity index (χ3v) is 10.9. The van der Waals surface area contributed by atoms with Crippen molar-refractivity contribution < 1.29 is 41.0 Å². The summed E-state index contributed by atoms with van der Waals surface area (Å²) in [6.07, 6.45) is -3.00. The standard InChI is InChI=1S/C35H36F5N7O4S/c1-6-26(48)47-10-9-24(25(47)16-49-4)46(3)33-20-12-22(35(38,39)40)28(19-7-8-23(36)31-27(19)21(13-41)32(42)52-31)29(37)30(20)43-34(44-33)51-15-17-11-18(50-5)14-45(17)2/h6-8,12,17-18,24-25H,1,9-11,14-16,42H2,2-5H3/t17-,18+,24?,25?/m0/s1. The molecule has 2 fully saturated rings. The Kier molecular flexibility index (Phi) is 10.3. The minimum absolute atomic E-state index is 0.0445. The molecule has 2 aliphatic heterocycles. The number of anilines is 2. The summed E-state index contributed by atoms with van der Waals surface area (Å²) in [5.41, 5.74) is 2.49. The van der Waals surface area contributed by atoms with Crippen LogP contribution in [0.1, 0.15) is 24.0 Å². The third-order valence-electron chi connectivity index (χ3n) is 9.92. The first-order chi connectivity index (χ1) is 24.7. The number of hydrogen-bond donors (Lipinski definition) is 1. The number of benzene rings is 2. The highest BCUT2D eigenvalue weighted by Crippen LogP contribution is 2.48. The van der Waals surface area contributed by atoms with E-state index in [9.17, 15) is 14.4 Å². The second-order valence-electron chi connectivity index (χ2n) is 12.8. The molecule has 0 radical (unpaired) electrons. The maximum atomic E-state index is 17.2. The van der Waals surface area contributed by atoms with Gasteiger partial charge in [-0.15, -0.1) is 11.3 Å². The van der Waals surface area contributed by atoms with Gasteiger partial charge in [-0.25, -0.2) is 8.78 Å². The predicted molar refractivity (Wildman–Crippen MR) is 186 cm³/mol. The molecule has 6 rings (SSSR count). The number of amides is 1. The molecule has 4 aromatic rings. The highest BCUT2D eigenvalue weighted by Gasteiger charge is 2.42. The van der Waals surface area contributed by atoms with E-state index >= 15 is 17.6 Å². The van der Waals surface area contributed by atoms with E-state index in [0.717, 1.165) is 18.2 Å². The summed E-state index contributed by atoms with van der Waals surface area (Å²) >= 11 is 0.680. The Morgan fingerprint density at radius 1 is 1.25 bits per heavy atom. The molecular formula is C35H36F5N7O4S. The van der Waals surface area contributed by atoms with Gasteiger partial charge in [0.25, 0.3) is 0 Å². The monoisotopic (exact) mass is 745 g/mol. The average Bonchev–Trinajstić information content (AvgIpc) is 3.81. The van der Waals surface area contributed by atoms with Crippen LogP contribution < -0.4 is 15.4 Å². The van der Waals surface area contributed by atoms with Gasteiger partial charge in [0.1, 0.15) is 34.8 Å². The molecule has 0 aliphatic carbocycles. The Balaban J connectivity index is 1.59. The smallest absolute Gasteiger partial charge is 0.417 e. The summed E-state index contributed by atoms with van der Waals surface area (Å²) in [5.74, 6) is -2.64. The summed E-state index contributed by atoms with van der Waals surface area (Å²) in [5, 5.41) is 9.20. The number of methoxy groups -OCH3 is 2. The second kappa shape index (κ2) is 14.4. The molecule has 276 valence electrons. The highest BCUT2D eigenvalue weighted by atomic mass is 32.1. The molecule has 17 heteroatoms. The molecule has 0 saturated carbocycles. The number of aromatic nitrogens is 2. The Bertz CT molecular complexity index is 2090. The minimum Gasteiger partial charge on any atom is -0.462 e. The number of nitrogens with two attached hydrogens (primary N) is 1. The van der Waals surface area contributed by atoms with E-state index in [1.54, 1.807) is 24.0 Å². The molecule has 2 aliphatic rings. The lowest BCUT2D eigenvalue weighted by atomic mass is 9.92. The summed E-state index contributed by atoms with van der Waals surface area (Å²) in [4.78, 5) is 26.8. The molecule has 2 aromatic heterocycles. The van der Waals surface area contributed by atoms with Gasteiger partial charge in [0.2, 0.25) is 5.91 Å². The van der Waals surface area contributed by atoms with Gasteiger partial charge in [0.05, 0.1) is 40.6 Å². The van der Waals surface area contributed by atoms with Crippen molar-refractivity contribution in [3.8, 4) is 23.2 Å². The third kappa shape index (κ3) is 6.48. The lowest BCUT2D eigenvalue weighted by Gasteiger charge is -2.34. The molecule has 2 saturated heterocycles. The van der Waals surface area contributed by atoms with Gasteiger partial charge in [-0.05, 0) is 43.7 Å². The number of hydrogen-bond acceptors (Lipinski definition) is 11. The Labute approximate surface area is 300 Å². The maximum Gasteiger partial charge on any atom is 0.417 e. The number of rotatable bonds is 10. The van der Waals surface area contributed by atoms with E-state index in [4.69, 9.17) is 19.9 Å². The number of likely N-dealkylation sites (tertiary alicyclic amines) is 2. The summed E-state index contributed by atoms with van der Waals surface area (Å²) < 4.78 is 94.1. The molecule has 11 nitrogen and oxygen atoms in total. The zero-order valence-corrected chi connectivity index (χ0v) is 29.6. The Morgan fingerprint density at radius 3 is 2.63 bits per heavy atom. The van der Waals surface area contributed by atoms with E-state index in [1.807, 2.05) is 18.0 Å². The van der Waals surface area contributed by atoms with Crippen LogP contribution in [0.25, 0.3) is 32.1 Å². The minimum atomic E-state index is -5.13. The van der Waals surface area contributed by atoms with Crippen molar-refractivity contribution in [3.05, 3.63) is 53.6 Å². The van der Waals surface area contributed by atoms with Gasteiger partial charge < -0.3 is 29.7 Å². The van der Waals surface area contributed by atoms with Crippen molar-refractivity contribution in [3.63, 3.8) is 0 Å². The van der Waals surface area contributed by atoms with Crippen LogP contribution in [0.5, 0.6) is 6.01 Å². The number of alkyl halides is 3. The normalized spacial score (nSPS) is 20.9. The van der Waals surface area contributed by atoms with Crippen LogP contribution in [-0.2, 0) is 20.4 Å². The van der Waals surface area contributed by atoms with Gasteiger partial charge in [0.15, 0.2) is 5.82 Å². The molecule has 2 aromatic carbocycles. The summed E-state index contributed by atoms with van der Waals surface area (Å²) in [6, 6.07) is 2.97. The number of carbonyl (C=O) groups excluding carboxylic acids is 1. The molecule has 2 N–H and O–H groups in total. The number of nitrogen functional groups attached to an aromatic ring is 1. The second-order valence-corrected chi connectivity index (χ2v) is 13.9. The van der Waals surface area contributed by atoms with E-state index < -0.39 is 46.5 Å². The largest absolute Gasteiger partial charge is 0.462 e. The fourth-order valence-electron chi connectivity index (χ4n) is 7.29. The van der Waals surface area contributed by atoms with Crippen molar-refractivity contribution in [1.82, 2.24) is 19.8 Å². The van der Waals surface area contributed by atoms with Crippen molar-refractivity contribution in [2.75, 3.05) is 65.3 Å². The van der Waals surface area contributed by atoms with E-state index in [-0.39, 0.29) is 74.7 Å². The Hall–Kier alpha value is -4.63. The topological polar surface area (TPSA) is 130 Å². The number of ether oxygens (including phenoxy) is 3. The maximum absolute atomic E-state index is 17.2. The molecule has 0 spiro atoms. The molecule has 52 heavy (non-hydrogen) atoms.